The average Bonchev–Trinajstić information content (AvgIpc) is 2.72. The molecule has 0 aliphatic carbocycles. The Labute approximate surface area is 168 Å². The minimum atomic E-state index is -0.662. The Kier molecular flexibility index (Phi) is 6.46. The molecule has 0 fully saturated rings. The molecule has 0 saturated heterocycles. The van der Waals surface area contributed by atoms with Crippen molar-refractivity contribution in [2.24, 2.45) is 0 Å². The Morgan fingerprint density at radius 1 is 1.07 bits per heavy atom. The van der Waals surface area contributed by atoms with Crippen molar-refractivity contribution in [1.29, 1.82) is 0 Å². The van der Waals surface area contributed by atoms with E-state index in [1.165, 1.54) is 0 Å². The predicted octanol–water partition coefficient (Wildman–Crippen LogP) is 3.49. The number of amides is 1. The maximum atomic E-state index is 12.6. The summed E-state index contributed by atoms with van der Waals surface area (Å²) in [7, 11) is 1.62. The van der Waals surface area contributed by atoms with Crippen LogP contribution in [0.4, 0.5) is 5.69 Å². The van der Waals surface area contributed by atoms with Crippen molar-refractivity contribution in [3.05, 3.63) is 93.0 Å². The zero-order chi connectivity index (χ0) is 20.8. The second-order valence-electron chi connectivity index (χ2n) is 6.72. The van der Waals surface area contributed by atoms with E-state index >= 15 is 0 Å². The molecule has 150 valence electrons. The normalized spacial score (nSPS) is 10.6. The Morgan fingerprint density at radius 3 is 2.48 bits per heavy atom. The molecular weight excluding hydrogens is 370 g/mol. The van der Waals surface area contributed by atoms with Gasteiger partial charge in [-0.25, -0.2) is 4.79 Å². The number of benzene rings is 2. The highest BCUT2D eigenvalue weighted by Crippen LogP contribution is 2.16. The summed E-state index contributed by atoms with van der Waals surface area (Å²) in [5.74, 6) is 0.784. The summed E-state index contributed by atoms with van der Waals surface area (Å²) >= 11 is 0. The van der Waals surface area contributed by atoms with Crippen LogP contribution in [0.25, 0.3) is 0 Å². The summed E-state index contributed by atoms with van der Waals surface area (Å²) in [6.45, 7) is 1.58. The number of methoxy groups -OCH3 is 1. The van der Waals surface area contributed by atoms with Crippen LogP contribution < -0.4 is 15.7 Å². The molecule has 1 amide bonds. The SMILES string of the molecule is COc1ccc(CCc2cc(C)c(C(=O)Nc3cccc(CO)c3)c(=O)o2)cc1. The lowest BCUT2D eigenvalue weighted by Gasteiger charge is -2.09. The van der Waals surface area contributed by atoms with Crippen molar-refractivity contribution >= 4 is 11.6 Å². The minimum Gasteiger partial charge on any atom is -0.497 e. The number of carbonyl (C=O) groups excluding carboxylic acids is 1. The van der Waals surface area contributed by atoms with Gasteiger partial charge in [0.1, 0.15) is 17.1 Å². The van der Waals surface area contributed by atoms with Gasteiger partial charge in [0.2, 0.25) is 0 Å². The molecule has 3 rings (SSSR count). The van der Waals surface area contributed by atoms with Crippen molar-refractivity contribution in [1.82, 2.24) is 0 Å². The fraction of sp³-hybridized carbons (Fsp3) is 0.217. The van der Waals surface area contributed by atoms with E-state index < -0.39 is 11.5 Å². The third-order valence-corrected chi connectivity index (χ3v) is 4.61. The van der Waals surface area contributed by atoms with Gasteiger partial charge >= 0.3 is 5.63 Å². The van der Waals surface area contributed by atoms with E-state index in [9.17, 15) is 14.7 Å². The number of nitrogens with one attached hydrogen (secondary N) is 1. The zero-order valence-electron chi connectivity index (χ0n) is 16.4. The summed E-state index contributed by atoms with van der Waals surface area (Å²) in [6.07, 6.45) is 1.24. The monoisotopic (exact) mass is 393 g/mol. The Hall–Kier alpha value is -3.38. The first-order valence-electron chi connectivity index (χ1n) is 9.28. The number of carbonyl (C=O) groups is 1. The van der Waals surface area contributed by atoms with Crippen LogP contribution in [-0.4, -0.2) is 18.1 Å². The maximum Gasteiger partial charge on any atom is 0.349 e. The number of aliphatic hydroxyl groups excluding tert-OH is 1. The molecule has 6 heteroatoms. The van der Waals surface area contributed by atoms with Gasteiger partial charge < -0.3 is 19.6 Å². The van der Waals surface area contributed by atoms with Crippen LogP contribution in [0.5, 0.6) is 5.75 Å². The van der Waals surface area contributed by atoms with E-state index in [2.05, 4.69) is 5.32 Å². The molecule has 0 spiro atoms. The molecule has 6 nitrogen and oxygen atoms in total. The van der Waals surface area contributed by atoms with Crippen LogP contribution in [0.3, 0.4) is 0 Å². The van der Waals surface area contributed by atoms with E-state index in [-0.39, 0.29) is 12.2 Å². The van der Waals surface area contributed by atoms with Crippen LogP contribution in [-0.2, 0) is 19.4 Å². The van der Waals surface area contributed by atoms with Crippen molar-refractivity contribution in [3.63, 3.8) is 0 Å². The van der Waals surface area contributed by atoms with Gasteiger partial charge in [-0.3, -0.25) is 4.79 Å². The van der Waals surface area contributed by atoms with E-state index in [0.717, 1.165) is 11.3 Å². The lowest BCUT2D eigenvalue weighted by Crippen LogP contribution is -2.23. The van der Waals surface area contributed by atoms with Crippen molar-refractivity contribution in [2.45, 2.75) is 26.4 Å². The largest absolute Gasteiger partial charge is 0.497 e. The number of anilines is 1. The molecule has 2 aromatic carbocycles. The quantitative estimate of drug-likeness (QED) is 0.641. The van der Waals surface area contributed by atoms with E-state index in [0.29, 0.717) is 35.4 Å². The lowest BCUT2D eigenvalue weighted by atomic mass is 10.1. The number of rotatable bonds is 7. The summed E-state index contributed by atoms with van der Waals surface area (Å²) in [5.41, 5.74) is 2.14. The van der Waals surface area contributed by atoms with Gasteiger partial charge in [0.25, 0.3) is 5.91 Å². The Bertz CT molecular complexity index is 1050. The molecule has 1 aromatic heterocycles. The molecule has 2 N–H and O–H groups in total. The van der Waals surface area contributed by atoms with E-state index in [1.54, 1.807) is 44.4 Å². The summed E-state index contributed by atoms with van der Waals surface area (Å²) in [6, 6.07) is 16.2. The summed E-state index contributed by atoms with van der Waals surface area (Å²) < 4.78 is 10.5. The molecule has 0 aliphatic heterocycles. The van der Waals surface area contributed by atoms with Crippen LogP contribution in [0.1, 0.15) is 32.8 Å². The zero-order valence-corrected chi connectivity index (χ0v) is 16.4. The third kappa shape index (κ3) is 5.12. The molecule has 0 radical (unpaired) electrons. The van der Waals surface area contributed by atoms with Gasteiger partial charge in [0.05, 0.1) is 13.7 Å². The van der Waals surface area contributed by atoms with E-state index in [1.807, 2.05) is 24.3 Å². The molecule has 0 saturated carbocycles. The maximum absolute atomic E-state index is 12.6. The highest BCUT2D eigenvalue weighted by molar-refractivity contribution is 6.04. The van der Waals surface area contributed by atoms with Crippen LogP contribution >= 0.6 is 0 Å². The second kappa shape index (κ2) is 9.21. The van der Waals surface area contributed by atoms with Crippen LogP contribution in [0.2, 0.25) is 0 Å². The van der Waals surface area contributed by atoms with Crippen LogP contribution in [0.15, 0.2) is 63.8 Å². The van der Waals surface area contributed by atoms with Gasteiger partial charge in [0.15, 0.2) is 0 Å². The average molecular weight is 393 g/mol. The smallest absolute Gasteiger partial charge is 0.349 e. The van der Waals surface area contributed by atoms with Crippen molar-refractivity contribution in [3.8, 4) is 5.75 Å². The van der Waals surface area contributed by atoms with Gasteiger partial charge in [-0.05, 0) is 60.4 Å². The number of hydrogen-bond acceptors (Lipinski definition) is 5. The number of hydrogen-bond donors (Lipinski definition) is 2. The highest BCUT2D eigenvalue weighted by atomic mass is 16.5. The third-order valence-electron chi connectivity index (χ3n) is 4.61. The molecule has 0 bridgehead atoms. The van der Waals surface area contributed by atoms with E-state index in [4.69, 9.17) is 9.15 Å². The number of aryl methyl sites for hydroxylation is 3. The molecule has 0 aliphatic rings. The molecular formula is C23H23NO5. The fourth-order valence-electron chi connectivity index (χ4n) is 3.07. The molecule has 0 unspecified atom stereocenters. The molecule has 0 atom stereocenters. The van der Waals surface area contributed by atoms with Crippen LogP contribution in [0, 0.1) is 6.92 Å². The first kappa shape index (κ1) is 20.4. The second-order valence-corrected chi connectivity index (χ2v) is 6.72. The number of aliphatic hydroxyl groups is 1. The first-order valence-corrected chi connectivity index (χ1v) is 9.28. The van der Waals surface area contributed by atoms with Gasteiger partial charge in [0, 0.05) is 12.1 Å². The summed E-state index contributed by atoms with van der Waals surface area (Å²) in [5, 5.41) is 11.9. The topological polar surface area (TPSA) is 88.8 Å². The first-order chi connectivity index (χ1) is 14.0. The lowest BCUT2D eigenvalue weighted by molar-refractivity contribution is 0.102. The molecule has 1 heterocycles. The Morgan fingerprint density at radius 2 is 1.83 bits per heavy atom. The highest BCUT2D eigenvalue weighted by Gasteiger charge is 2.17. The van der Waals surface area contributed by atoms with Crippen molar-refractivity contribution < 1.29 is 19.1 Å². The molecule has 3 aromatic rings. The Balaban J connectivity index is 1.72. The van der Waals surface area contributed by atoms with Gasteiger partial charge in [-0.1, -0.05) is 24.3 Å². The van der Waals surface area contributed by atoms with Gasteiger partial charge in [-0.15, -0.1) is 0 Å². The van der Waals surface area contributed by atoms with Gasteiger partial charge in [-0.2, -0.15) is 0 Å². The molecule has 29 heavy (non-hydrogen) atoms. The predicted molar refractivity (Wildman–Crippen MR) is 110 cm³/mol. The summed E-state index contributed by atoms with van der Waals surface area (Å²) in [4.78, 5) is 25.0. The number of ether oxygens (including phenoxy) is 1. The standard InChI is InChI=1S/C23H23NO5/c1-15-12-20(11-8-16-6-9-19(28-2)10-7-16)29-23(27)21(15)22(26)24-18-5-3-4-17(13-18)14-25/h3-7,9-10,12-13,25H,8,11,14H2,1-2H3,(H,24,26). The minimum absolute atomic E-state index is 0.0207. The van der Waals surface area contributed by atoms with Crippen molar-refractivity contribution in [2.75, 3.05) is 12.4 Å². The fourth-order valence-corrected chi connectivity index (χ4v) is 3.07.